The van der Waals surface area contributed by atoms with Gasteiger partial charge in [-0.2, -0.15) is 0 Å². The van der Waals surface area contributed by atoms with Crippen molar-refractivity contribution in [3.05, 3.63) is 17.7 Å². The Kier molecular flexibility index (Phi) is 4.14. The minimum absolute atomic E-state index is 0.0176. The first-order valence-electron chi connectivity index (χ1n) is 7.14. The number of hydrogen-bond acceptors (Lipinski definition) is 4. The van der Waals surface area contributed by atoms with Crippen LogP contribution in [0.5, 0.6) is 17.2 Å². The highest BCUT2D eigenvalue weighted by molar-refractivity contribution is 5.59. The second kappa shape index (κ2) is 5.52. The summed E-state index contributed by atoms with van der Waals surface area (Å²) in [5, 5.41) is 0. The van der Waals surface area contributed by atoms with Gasteiger partial charge in [0.05, 0.1) is 20.3 Å². The minimum atomic E-state index is 0.0176. The molecule has 0 saturated heterocycles. The van der Waals surface area contributed by atoms with Crippen LogP contribution in [-0.4, -0.2) is 26.4 Å². The van der Waals surface area contributed by atoms with Gasteiger partial charge in [0.25, 0.3) is 0 Å². The summed E-state index contributed by atoms with van der Waals surface area (Å²) < 4.78 is 16.9. The Morgan fingerprint density at radius 1 is 1.05 bits per heavy atom. The van der Waals surface area contributed by atoms with E-state index in [1.807, 2.05) is 19.9 Å². The molecule has 0 bridgehead atoms. The molecule has 0 radical (unpaired) electrons. The normalized spacial score (nSPS) is 17.8. The molecule has 0 amide bonds. The quantitative estimate of drug-likeness (QED) is 0.870. The van der Waals surface area contributed by atoms with Gasteiger partial charge in [0, 0.05) is 17.0 Å². The van der Waals surface area contributed by atoms with Gasteiger partial charge >= 0.3 is 0 Å². The first kappa shape index (κ1) is 15.0. The van der Waals surface area contributed by atoms with E-state index in [1.54, 1.807) is 14.2 Å². The summed E-state index contributed by atoms with van der Waals surface area (Å²) in [5.41, 5.74) is 7.35. The third-order valence-electron chi connectivity index (χ3n) is 4.05. The van der Waals surface area contributed by atoms with Crippen LogP contribution in [0.1, 0.15) is 39.2 Å². The Balaban J connectivity index is 2.56. The number of rotatable bonds is 6. The van der Waals surface area contributed by atoms with Crippen LogP contribution in [0.2, 0.25) is 0 Å². The maximum atomic E-state index is 6.20. The van der Waals surface area contributed by atoms with Crippen molar-refractivity contribution >= 4 is 0 Å². The molecule has 1 aliphatic carbocycles. The first-order chi connectivity index (χ1) is 9.46. The van der Waals surface area contributed by atoms with Crippen molar-refractivity contribution < 1.29 is 14.2 Å². The van der Waals surface area contributed by atoms with Gasteiger partial charge in [0.2, 0.25) is 5.75 Å². The van der Waals surface area contributed by atoms with Crippen LogP contribution < -0.4 is 19.9 Å². The van der Waals surface area contributed by atoms with Gasteiger partial charge < -0.3 is 19.9 Å². The van der Waals surface area contributed by atoms with Crippen molar-refractivity contribution in [3.63, 3.8) is 0 Å². The van der Waals surface area contributed by atoms with Crippen molar-refractivity contribution in [2.24, 2.45) is 5.73 Å². The van der Waals surface area contributed by atoms with Crippen molar-refractivity contribution in [3.8, 4) is 17.2 Å². The zero-order valence-electron chi connectivity index (χ0n) is 13.0. The Bertz CT molecular complexity index is 479. The maximum Gasteiger partial charge on any atom is 0.203 e. The van der Waals surface area contributed by atoms with E-state index in [1.165, 1.54) is 0 Å². The van der Waals surface area contributed by atoms with Gasteiger partial charge in [-0.15, -0.1) is 0 Å². The molecule has 20 heavy (non-hydrogen) atoms. The summed E-state index contributed by atoms with van der Waals surface area (Å²) in [6.45, 7) is 6.07. The zero-order chi connectivity index (χ0) is 14.9. The molecule has 2 N–H and O–H groups in total. The van der Waals surface area contributed by atoms with Crippen LogP contribution in [0.3, 0.4) is 0 Å². The number of ether oxygens (including phenoxy) is 3. The Morgan fingerprint density at radius 2 is 1.70 bits per heavy atom. The molecule has 4 nitrogen and oxygen atoms in total. The summed E-state index contributed by atoms with van der Waals surface area (Å²) in [7, 11) is 3.27. The zero-order valence-corrected chi connectivity index (χ0v) is 13.0. The molecule has 0 aromatic heterocycles. The lowest BCUT2D eigenvalue weighted by molar-refractivity contribution is 0.221. The molecule has 1 aromatic carbocycles. The average Bonchev–Trinajstić information content (AvgIpc) is 3.18. The molecule has 2 rings (SSSR count). The van der Waals surface area contributed by atoms with Crippen LogP contribution in [0.15, 0.2) is 12.1 Å². The highest BCUT2D eigenvalue weighted by Crippen LogP contribution is 2.56. The van der Waals surface area contributed by atoms with Crippen LogP contribution >= 0.6 is 0 Å². The van der Waals surface area contributed by atoms with Crippen LogP contribution in [0, 0.1) is 0 Å². The summed E-state index contributed by atoms with van der Waals surface area (Å²) in [6.07, 6.45) is 2.25. The topological polar surface area (TPSA) is 53.7 Å². The van der Waals surface area contributed by atoms with Crippen molar-refractivity contribution in [2.75, 3.05) is 14.2 Å². The molecular weight excluding hydrogens is 254 g/mol. The Morgan fingerprint density at radius 3 is 2.10 bits per heavy atom. The molecule has 1 unspecified atom stereocenters. The van der Waals surface area contributed by atoms with E-state index in [2.05, 4.69) is 13.0 Å². The van der Waals surface area contributed by atoms with E-state index in [0.717, 1.165) is 24.2 Å². The van der Waals surface area contributed by atoms with E-state index in [-0.39, 0.29) is 17.6 Å². The highest BCUT2D eigenvalue weighted by Gasteiger charge is 2.50. The minimum Gasteiger partial charge on any atom is -0.493 e. The van der Waals surface area contributed by atoms with Crippen LogP contribution in [-0.2, 0) is 5.41 Å². The van der Waals surface area contributed by atoms with E-state index in [0.29, 0.717) is 11.5 Å². The Labute approximate surface area is 121 Å². The molecule has 1 fully saturated rings. The summed E-state index contributed by atoms with van der Waals surface area (Å²) >= 11 is 0. The molecule has 1 aromatic rings. The fraction of sp³-hybridized carbons (Fsp3) is 0.625. The number of methoxy groups -OCH3 is 2. The van der Waals surface area contributed by atoms with Gasteiger partial charge in [-0.1, -0.05) is 6.07 Å². The van der Waals surface area contributed by atoms with Gasteiger partial charge in [0.1, 0.15) is 0 Å². The monoisotopic (exact) mass is 279 g/mol. The molecule has 0 spiro atoms. The SMILES string of the molecule is COc1ccc(C2(C(C)N)CC2)c(OC(C)C)c1OC. The third kappa shape index (κ3) is 2.44. The van der Waals surface area contributed by atoms with Crippen molar-refractivity contribution in [1.29, 1.82) is 0 Å². The fourth-order valence-electron chi connectivity index (χ4n) is 2.75. The van der Waals surface area contributed by atoms with Crippen molar-refractivity contribution in [2.45, 2.75) is 51.2 Å². The molecular formula is C16H25NO3. The predicted octanol–water partition coefficient (Wildman–Crippen LogP) is 2.87. The standard InChI is InChI=1S/C16H25NO3/c1-10(2)20-14-12(16(8-9-16)11(3)17)6-7-13(18-4)15(14)19-5/h6-7,10-11H,8-9,17H2,1-5H3. The van der Waals surface area contributed by atoms with E-state index >= 15 is 0 Å². The lowest BCUT2D eigenvalue weighted by atomic mass is 9.88. The second-order valence-corrected chi connectivity index (χ2v) is 5.79. The van der Waals surface area contributed by atoms with E-state index in [4.69, 9.17) is 19.9 Å². The van der Waals surface area contributed by atoms with Crippen LogP contribution in [0.25, 0.3) is 0 Å². The molecule has 1 saturated carbocycles. The largest absolute Gasteiger partial charge is 0.493 e. The molecule has 0 heterocycles. The number of hydrogen-bond donors (Lipinski definition) is 1. The van der Waals surface area contributed by atoms with Gasteiger partial charge in [-0.05, 0) is 39.7 Å². The number of benzene rings is 1. The molecule has 4 heteroatoms. The van der Waals surface area contributed by atoms with Gasteiger partial charge in [-0.25, -0.2) is 0 Å². The lowest BCUT2D eigenvalue weighted by Gasteiger charge is -2.26. The van der Waals surface area contributed by atoms with Gasteiger partial charge in [-0.3, -0.25) is 0 Å². The second-order valence-electron chi connectivity index (χ2n) is 5.79. The van der Waals surface area contributed by atoms with E-state index in [9.17, 15) is 0 Å². The molecule has 1 aliphatic rings. The maximum absolute atomic E-state index is 6.20. The lowest BCUT2D eigenvalue weighted by Crippen LogP contribution is -2.32. The van der Waals surface area contributed by atoms with E-state index < -0.39 is 0 Å². The average molecular weight is 279 g/mol. The molecule has 112 valence electrons. The fourth-order valence-corrected chi connectivity index (χ4v) is 2.75. The smallest absolute Gasteiger partial charge is 0.203 e. The summed E-state index contributed by atoms with van der Waals surface area (Å²) in [4.78, 5) is 0. The molecule has 0 aliphatic heterocycles. The Hall–Kier alpha value is -1.42. The van der Waals surface area contributed by atoms with Crippen molar-refractivity contribution in [1.82, 2.24) is 0 Å². The van der Waals surface area contributed by atoms with Gasteiger partial charge in [0.15, 0.2) is 11.5 Å². The summed E-state index contributed by atoms with van der Waals surface area (Å²) in [6, 6.07) is 4.09. The third-order valence-corrected chi connectivity index (χ3v) is 4.05. The molecule has 1 atom stereocenters. The number of nitrogens with two attached hydrogens (primary N) is 1. The predicted molar refractivity (Wildman–Crippen MR) is 79.9 cm³/mol. The van der Waals surface area contributed by atoms with Crippen LogP contribution in [0.4, 0.5) is 0 Å². The highest BCUT2D eigenvalue weighted by atomic mass is 16.5. The summed E-state index contributed by atoms with van der Waals surface area (Å²) in [5.74, 6) is 2.12. The first-order valence-corrected chi connectivity index (χ1v) is 7.14.